The summed E-state index contributed by atoms with van der Waals surface area (Å²) in [5, 5.41) is 14.5. The van der Waals surface area contributed by atoms with E-state index >= 15 is 4.79 Å². The number of hydrogen-bond donors (Lipinski definition) is 1. The highest BCUT2D eigenvalue weighted by Crippen LogP contribution is 2.48. The fourth-order valence-corrected chi connectivity index (χ4v) is 9.88. The van der Waals surface area contributed by atoms with Gasteiger partial charge in [0.15, 0.2) is 18.5 Å². The Morgan fingerprint density at radius 1 is 0.845 bits per heavy atom. The highest BCUT2D eigenvalue weighted by Gasteiger charge is 2.69. The number of benzene rings is 2. The summed E-state index contributed by atoms with van der Waals surface area (Å²) in [6, 6.07) is 12.8. The number of imide groups is 1. The fraction of sp³-hybridized carbons (Fsp3) is 0.565. The fourth-order valence-electron chi connectivity index (χ4n) is 7.83. The van der Waals surface area contributed by atoms with Crippen LogP contribution in [-0.4, -0.2) is 165 Å². The van der Waals surface area contributed by atoms with E-state index in [0.29, 0.717) is 15.8 Å². The quantitative estimate of drug-likeness (QED) is 0.0463. The van der Waals surface area contributed by atoms with Gasteiger partial charge in [0.2, 0.25) is 11.8 Å². The van der Waals surface area contributed by atoms with Crippen molar-refractivity contribution in [2.45, 2.75) is 144 Å². The molecule has 2 aromatic carbocycles. The first kappa shape index (κ1) is 57.7. The molecule has 2 heterocycles. The summed E-state index contributed by atoms with van der Waals surface area (Å²) in [5.41, 5.74) is 10.2. The van der Waals surface area contributed by atoms with Crippen LogP contribution in [0.5, 0.6) is 0 Å². The number of aliphatic hydroxyl groups excluding tert-OH is 1. The van der Waals surface area contributed by atoms with E-state index < -0.39 is 141 Å². The molecule has 25 heteroatoms. The molecule has 0 aliphatic carbocycles. The number of methoxy groups -OCH3 is 1. The number of azide groups is 1. The second-order valence-electron chi connectivity index (χ2n) is 17.5. The van der Waals surface area contributed by atoms with E-state index in [9.17, 15) is 44.2 Å². The van der Waals surface area contributed by atoms with Crippen molar-refractivity contribution in [1.29, 1.82) is 0 Å². The zero-order valence-corrected chi connectivity index (χ0v) is 42.8. The molecule has 71 heavy (non-hydrogen) atoms. The van der Waals surface area contributed by atoms with E-state index in [1.165, 1.54) is 12.1 Å². The first-order chi connectivity index (χ1) is 33.4. The van der Waals surface area contributed by atoms with Crippen molar-refractivity contribution in [3.63, 3.8) is 0 Å². The van der Waals surface area contributed by atoms with Crippen LogP contribution in [0.1, 0.15) is 51.9 Å². The summed E-state index contributed by atoms with van der Waals surface area (Å²) >= 11 is 0.753. The topological polar surface area (TPSA) is 301 Å². The normalized spacial score (nSPS) is 25.9. The molecule has 0 aromatic heterocycles. The Morgan fingerprint density at radius 3 is 1.97 bits per heavy atom. The van der Waals surface area contributed by atoms with Gasteiger partial charge < -0.3 is 52.5 Å². The molecule has 0 unspecified atom stereocenters. The maximum Gasteiger partial charge on any atom is 0.368 e. The van der Waals surface area contributed by atoms with E-state index in [4.69, 9.17) is 47.4 Å². The van der Waals surface area contributed by atoms with E-state index in [2.05, 4.69) is 29.7 Å². The molecule has 2 aromatic rings. The average Bonchev–Trinajstić information content (AvgIpc) is 3.29. The molecule has 2 amide bonds. The van der Waals surface area contributed by atoms with Crippen LogP contribution < -0.4 is 0 Å². The number of carbonyl (C=O) groups excluding carboxylic acids is 8. The molecule has 2 fully saturated rings. The minimum atomic E-state index is -3.13. The number of ether oxygens (including phenoxy) is 10. The lowest BCUT2D eigenvalue weighted by atomic mass is 9.85. The van der Waals surface area contributed by atoms with Crippen LogP contribution in [0.25, 0.3) is 10.4 Å². The van der Waals surface area contributed by atoms with Gasteiger partial charge in [-0.05, 0) is 35.8 Å². The third-order valence-corrected chi connectivity index (χ3v) is 13.9. The zero-order chi connectivity index (χ0) is 52.8. The van der Waals surface area contributed by atoms with Crippen molar-refractivity contribution in [3.8, 4) is 0 Å². The lowest BCUT2D eigenvalue weighted by molar-refractivity contribution is -0.354. The Morgan fingerprint density at radius 2 is 1.45 bits per heavy atom. The van der Waals surface area contributed by atoms with Crippen LogP contribution in [0.3, 0.4) is 0 Å². The van der Waals surface area contributed by atoms with Gasteiger partial charge in [-0.15, -0.1) is 11.8 Å². The number of carbonyl (C=O) groups is 8. The van der Waals surface area contributed by atoms with Crippen molar-refractivity contribution >= 4 is 67.5 Å². The molecule has 23 nitrogen and oxygen atoms in total. The van der Waals surface area contributed by atoms with Gasteiger partial charge in [0.05, 0.1) is 12.7 Å². The number of esters is 6. The van der Waals surface area contributed by atoms with Crippen molar-refractivity contribution in [1.82, 2.24) is 4.90 Å². The number of nitrogens with zero attached hydrogens (tertiary/aromatic N) is 4. The van der Waals surface area contributed by atoms with Gasteiger partial charge in [0.1, 0.15) is 61.1 Å². The number of amides is 2. The monoisotopic (exact) mass is 1030 g/mol. The van der Waals surface area contributed by atoms with Gasteiger partial charge in [-0.3, -0.25) is 33.7 Å². The van der Waals surface area contributed by atoms with E-state index in [-0.39, 0.29) is 12.2 Å². The summed E-state index contributed by atoms with van der Waals surface area (Å²) < 4.78 is 59.6. The molecular formula is C46H60N4O19SSi. The second kappa shape index (κ2) is 26.0. The maximum absolute atomic E-state index is 15.1. The van der Waals surface area contributed by atoms with Crippen LogP contribution in [0, 0.1) is 0 Å². The predicted octanol–water partition coefficient (Wildman–Crippen LogP) is 3.90. The van der Waals surface area contributed by atoms with E-state index in [1.807, 2.05) is 0 Å². The molecule has 0 radical (unpaired) electrons. The number of rotatable bonds is 21. The lowest BCUT2D eigenvalue weighted by Gasteiger charge is -2.55. The first-order valence-electron chi connectivity index (χ1n) is 22.3. The van der Waals surface area contributed by atoms with Crippen molar-refractivity contribution in [2.75, 3.05) is 26.9 Å². The van der Waals surface area contributed by atoms with Gasteiger partial charge in [-0.25, -0.2) is 9.59 Å². The summed E-state index contributed by atoms with van der Waals surface area (Å²) in [7, 11) is -0.910. The molecule has 0 saturated carbocycles. The molecule has 1 N–H and O–H groups in total. The standard InChI is InChI=1S/C46H60N4O19SSi/c1-25(51)50(26(2)52)36-40(38(65-29(5)55)34(64-28(4)54)24-62-27(3)53)69-46(45(59)60-7,42(41(36)66-30(6)56)70-32-19-15-12-16-20-32)68-39-35(48-49-47)44(61-21-22-71(8,9)10)67-33(37(39)57)23-63-43(58)31-17-13-11-14-18-31/h11-20,33-42,44,57H,21-24H2,1-10H3/t33-,34-,35-,36+,37+,38-,39-,40-,41-,42+,44-,46-/m1/s1. The lowest BCUT2D eigenvalue weighted by Crippen LogP contribution is -2.76. The van der Waals surface area contributed by atoms with Crippen molar-refractivity contribution in [2.24, 2.45) is 5.11 Å². The van der Waals surface area contributed by atoms with Crippen LogP contribution in [0.15, 0.2) is 70.7 Å². The molecule has 12 atom stereocenters. The smallest absolute Gasteiger partial charge is 0.368 e. The third-order valence-electron chi connectivity index (χ3n) is 10.8. The third kappa shape index (κ3) is 15.5. The Balaban J connectivity index is 2.12. The van der Waals surface area contributed by atoms with Crippen LogP contribution >= 0.6 is 11.8 Å². The minimum absolute atomic E-state index is 0.0243. The summed E-state index contributed by atoms with van der Waals surface area (Å²) in [6.45, 7) is 10.6. The van der Waals surface area contributed by atoms with Gasteiger partial charge in [-0.1, -0.05) is 61.2 Å². The van der Waals surface area contributed by atoms with Gasteiger partial charge in [0.25, 0.3) is 5.79 Å². The molecule has 2 saturated heterocycles. The van der Waals surface area contributed by atoms with E-state index in [0.717, 1.165) is 60.4 Å². The molecule has 2 aliphatic heterocycles. The number of thioether (sulfide) groups is 1. The Kier molecular flexibility index (Phi) is 21.1. The Labute approximate surface area is 415 Å². The molecule has 0 spiro atoms. The van der Waals surface area contributed by atoms with Gasteiger partial charge in [0, 0.05) is 66.0 Å². The van der Waals surface area contributed by atoms with Crippen molar-refractivity contribution < 1.29 is 90.8 Å². The van der Waals surface area contributed by atoms with Crippen LogP contribution in [0.2, 0.25) is 25.7 Å². The molecule has 388 valence electrons. The molecule has 2 aliphatic rings. The van der Waals surface area contributed by atoms with Gasteiger partial charge in [-0.2, -0.15) is 0 Å². The second-order valence-corrected chi connectivity index (χ2v) is 24.4. The average molecular weight is 1030 g/mol. The van der Waals surface area contributed by atoms with Crippen LogP contribution in [0.4, 0.5) is 0 Å². The molecule has 0 bridgehead atoms. The Bertz CT molecular complexity index is 2250. The van der Waals surface area contributed by atoms with Crippen LogP contribution in [-0.2, 0) is 80.9 Å². The van der Waals surface area contributed by atoms with Crippen molar-refractivity contribution in [3.05, 3.63) is 76.7 Å². The largest absolute Gasteiger partial charge is 0.465 e. The number of hydrogen-bond acceptors (Lipinski definition) is 21. The zero-order valence-electron chi connectivity index (χ0n) is 40.9. The number of aliphatic hydroxyl groups is 1. The highest BCUT2D eigenvalue weighted by atomic mass is 32.2. The van der Waals surface area contributed by atoms with E-state index in [1.54, 1.807) is 48.5 Å². The predicted molar refractivity (Wildman–Crippen MR) is 249 cm³/mol. The molecule has 4 rings (SSSR count). The maximum atomic E-state index is 15.1. The first-order valence-corrected chi connectivity index (χ1v) is 26.9. The summed E-state index contributed by atoms with van der Waals surface area (Å²) in [6.07, 6.45) is -15.3. The van der Waals surface area contributed by atoms with Gasteiger partial charge >= 0.3 is 35.8 Å². The SMILES string of the molecule is COC(=O)[C@]1(O[C@H]2[C@@H](O)[C@@H](COC(=O)c3ccccc3)O[C@@H](OCC[Si](C)(C)C)[C@@H]2N=[N+]=[N-])O[C@@H]([C@H](OC(C)=O)[C@@H](COC(C)=O)OC(C)=O)[C@H](N(C(C)=O)C(C)=O)[C@@H](OC(C)=O)[C@@H]1Sc1ccccc1. The highest BCUT2D eigenvalue weighted by molar-refractivity contribution is 8.00. The summed E-state index contributed by atoms with van der Waals surface area (Å²) in [4.78, 5) is 111. The summed E-state index contributed by atoms with van der Waals surface area (Å²) in [5.74, 6) is -11.4. The minimum Gasteiger partial charge on any atom is -0.465 e. The molecular weight excluding hydrogens is 973 g/mol. The Hall–Kier alpha value is -5.92.